The number of nitrogens with zero attached hydrogens (tertiary/aromatic N) is 2. The first-order valence-electron chi connectivity index (χ1n) is 8.06. The predicted octanol–water partition coefficient (Wildman–Crippen LogP) is 0.721. The highest BCUT2D eigenvalue weighted by atomic mass is 32.2. The minimum absolute atomic E-state index is 0.0408. The molecule has 1 aromatic carbocycles. The first kappa shape index (κ1) is 24.5. The summed E-state index contributed by atoms with van der Waals surface area (Å²) >= 11 is 0. The van der Waals surface area contributed by atoms with Crippen molar-refractivity contribution in [2.45, 2.75) is 30.6 Å². The molecule has 0 saturated carbocycles. The van der Waals surface area contributed by atoms with E-state index < -0.39 is 42.9 Å². The van der Waals surface area contributed by atoms with Gasteiger partial charge in [0.1, 0.15) is 10.6 Å². The molecule has 0 aliphatic rings. The Hall–Kier alpha value is -3.53. The zero-order valence-electron chi connectivity index (χ0n) is 15.1. The average molecular weight is 452 g/mol. The van der Waals surface area contributed by atoms with Crippen molar-refractivity contribution in [2.24, 2.45) is 0 Å². The maximum atomic E-state index is 11.7. The molecular formula is C14H16N2O13S. The molecule has 0 aliphatic carbocycles. The highest BCUT2D eigenvalue weighted by Crippen LogP contribution is 2.29. The molecule has 1 N–H and O–H groups in total. The molecule has 166 valence electrons. The van der Waals surface area contributed by atoms with Gasteiger partial charge in [0.2, 0.25) is 0 Å². The molecule has 0 amide bonds. The third-order valence-electron chi connectivity index (χ3n) is 3.09. The lowest BCUT2D eigenvalue weighted by Crippen LogP contribution is -2.14. The number of ether oxygens (including phenoxy) is 2. The van der Waals surface area contributed by atoms with Crippen molar-refractivity contribution in [3.63, 3.8) is 0 Å². The van der Waals surface area contributed by atoms with E-state index in [2.05, 4.69) is 9.68 Å². The Kier molecular flexibility index (Phi) is 9.37. The van der Waals surface area contributed by atoms with E-state index in [1.807, 2.05) is 0 Å². The van der Waals surface area contributed by atoms with Crippen LogP contribution in [0.1, 0.15) is 25.7 Å². The molecule has 15 nitrogen and oxygen atoms in total. The molecule has 0 aliphatic heterocycles. The molecule has 16 heteroatoms. The van der Waals surface area contributed by atoms with Gasteiger partial charge in [-0.05, 0) is 25.0 Å². The second-order valence-electron chi connectivity index (χ2n) is 5.35. The third kappa shape index (κ3) is 9.60. The zero-order valence-corrected chi connectivity index (χ0v) is 15.9. The highest BCUT2D eigenvalue weighted by Gasteiger charge is 2.21. The second kappa shape index (κ2) is 11.5. The smallest absolute Gasteiger partial charge is 0.311 e. The van der Waals surface area contributed by atoms with Gasteiger partial charge in [-0.25, -0.2) is 0 Å². The Morgan fingerprint density at radius 3 is 1.90 bits per heavy atom. The monoisotopic (exact) mass is 452 g/mol. The summed E-state index contributed by atoms with van der Waals surface area (Å²) in [6.45, 7) is -0.727. The van der Waals surface area contributed by atoms with Crippen molar-refractivity contribution in [3.8, 4) is 11.5 Å². The standard InChI is InChI=1S/C14H16N2O13S/c17-13(3-1-7-26-15(19)20)28-10-5-6-11(12(9-10)30(23,24)25)29-14(18)4-2-8-27-16(21)22/h5-6,9H,1-4,7-8H2,(H,23,24,25). The minimum Gasteiger partial charge on any atom is -0.426 e. The van der Waals surface area contributed by atoms with Crippen LogP contribution in [0.15, 0.2) is 23.1 Å². The van der Waals surface area contributed by atoms with Gasteiger partial charge in [-0.15, -0.1) is 20.2 Å². The van der Waals surface area contributed by atoms with Crippen LogP contribution in [0.25, 0.3) is 0 Å². The summed E-state index contributed by atoms with van der Waals surface area (Å²) in [5.41, 5.74) is 0. The van der Waals surface area contributed by atoms with Gasteiger partial charge < -0.3 is 19.1 Å². The van der Waals surface area contributed by atoms with Crippen molar-refractivity contribution in [1.82, 2.24) is 0 Å². The molecule has 0 atom stereocenters. The third-order valence-corrected chi connectivity index (χ3v) is 3.97. The summed E-state index contributed by atoms with van der Waals surface area (Å²) in [5.74, 6) is -2.68. The fourth-order valence-corrected chi connectivity index (χ4v) is 2.53. The van der Waals surface area contributed by atoms with Crippen LogP contribution in [-0.4, -0.2) is 48.3 Å². The summed E-state index contributed by atoms with van der Waals surface area (Å²) in [6, 6.07) is 2.77. The van der Waals surface area contributed by atoms with Crippen molar-refractivity contribution in [2.75, 3.05) is 13.2 Å². The van der Waals surface area contributed by atoms with Crippen LogP contribution in [-0.2, 0) is 29.4 Å². The Balaban J connectivity index is 2.74. The zero-order chi connectivity index (χ0) is 22.7. The van der Waals surface area contributed by atoms with Crippen molar-refractivity contribution in [3.05, 3.63) is 38.4 Å². The Morgan fingerprint density at radius 1 is 0.933 bits per heavy atom. The Bertz CT molecular complexity index is 899. The SMILES string of the molecule is O=C(CCCO[N+](=O)[O-])Oc1ccc(OC(=O)CCCO[N+](=O)[O-])c(S(=O)(=O)O)c1. The van der Waals surface area contributed by atoms with E-state index in [0.717, 1.165) is 18.2 Å². The van der Waals surface area contributed by atoms with Crippen molar-refractivity contribution in [1.29, 1.82) is 0 Å². The summed E-state index contributed by atoms with van der Waals surface area (Å²) in [5, 5.41) is 17.9. The van der Waals surface area contributed by atoms with Crippen LogP contribution < -0.4 is 9.47 Å². The van der Waals surface area contributed by atoms with E-state index in [-0.39, 0.29) is 44.6 Å². The number of rotatable bonds is 13. The van der Waals surface area contributed by atoms with E-state index in [0.29, 0.717) is 0 Å². The quantitative estimate of drug-likeness (QED) is 0.109. The van der Waals surface area contributed by atoms with Crippen LogP contribution in [0.4, 0.5) is 0 Å². The molecule has 0 spiro atoms. The summed E-state index contributed by atoms with van der Waals surface area (Å²) < 4.78 is 42.0. The van der Waals surface area contributed by atoms with E-state index >= 15 is 0 Å². The molecule has 0 heterocycles. The fourth-order valence-electron chi connectivity index (χ4n) is 1.91. The number of esters is 2. The van der Waals surface area contributed by atoms with Gasteiger partial charge in [-0.2, -0.15) is 8.42 Å². The highest BCUT2D eigenvalue weighted by molar-refractivity contribution is 7.86. The molecule has 1 rings (SSSR count). The van der Waals surface area contributed by atoms with Gasteiger partial charge in [-0.1, -0.05) is 0 Å². The van der Waals surface area contributed by atoms with Crippen LogP contribution in [0, 0.1) is 20.2 Å². The van der Waals surface area contributed by atoms with E-state index in [9.17, 15) is 42.8 Å². The number of benzene rings is 1. The first-order chi connectivity index (χ1) is 14.0. The van der Waals surface area contributed by atoms with Gasteiger partial charge in [-0.3, -0.25) is 14.1 Å². The fraction of sp³-hybridized carbons (Fsp3) is 0.429. The molecule has 0 saturated heterocycles. The van der Waals surface area contributed by atoms with Gasteiger partial charge in [0.15, 0.2) is 5.75 Å². The lowest BCUT2D eigenvalue weighted by molar-refractivity contribution is -0.757. The maximum Gasteiger partial charge on any atom is 0.311 e. The number of carbonyl (C=O) groups is 2. The van der Waals surface area contributed by atoms with E-state index in [4.69, 9.17) is 9.47 Å². The largest absolute Gasteiger partial charge is 0.426 e. The number of hydrogen-bond donors (Lipinski definition) is 1. The molecule has 0 radical (unpaired) electrons. The molecule has 0 aromatic heterocycles. The van der Waals surface area contributed by atoms with Crippen LogP contribution in [0.3, 0.4) is 0 Å². The Morgan fingerprint density at radius 2 is 1.43 bits per heavy atom. The van der Waals surface area contributed by atoms with Crippen molar-refractivity contribution >= 4 is 22.1 Å². The number of carbonyl (C=O) groups excluding carboxylic acids is 2. The van der Waals surface area contributed by atoms with Crippen LogP contribution in [0.2, 0.25) is 0 Å². The normalized spacial score (nSPS) is 10.7. The van der Waals surface area contributed by atoms with Gasteiger partial charge in [0.05, 0.1) is 13.2 Å². The lowest BCUT2D eigenvalue weighted by atomic mass is 10.3. The van der Waals surface area contributed by atoms with Crippen LogP contribution in [0.5, 0.6) is 11.5 Å². The molecular weight excluding hydrogens is 436 g/mol. The lowest BCUT2D eigenvalue weighted by Gasteiger charge is -2.10. The topological polar surface area (TPSA) is 212 Å². The van der Waals surface area contributed by atoms with Crippen molar-refractivity contribution < 1.29 is 51.9 Å². The van der Waals surface area contributed by atoms with E-state index in [1.54, 1.807) is 0 Å². The average Bonchev–Trinajstić information content (AvgIpc) is 2.62. The second-order valence-corrected chi connectivity index (χ2v) is 6.74. The molecule has 0 fully saturated rings. The van der Waals surface area contributed by atoms with Crippen LogP contribution >= 0.6 is 0 Å². The van der Waals surface area contributed by atoms with Gasteiger partial charge in [0, 0.05) is 18.9 Å². The minimum atomic E-state index is -4.88. The number of hydrogen-bond acceptors (Lipinski definition) is 12. The summed E-state index contributed by atoms with van der Waals surface area (Å²) in [7, 11) is -4.88. The van der Waals surface area contributed by atoms with E-state index in [1.165, 1.54) is 0 Å². The molecule has 1 aromatic rings. The van der Waals surface area contributed by atoms with Gasteiger partial charge >= 0.3 is 11.9 Å². The maximum absolute atomic E-state index is 11.7. The predicted molar refractivity (Wildman–Crippen MR) is 91.9 cm³/mol. The first-order valence-corrected chi connectivity index (χ1v) is 9.50. The summed E-state index contributed by atoms with van der Waals surface area (Å²) in [6.07, 6.45) is -0.753. The molecule has 0 bridgehead atoms. The Labute approximate surface area is 168 Å². The van der Waals surface area contributed by atoms with Gasteiger partial charge in [0.25, 0.3) is 20.3 Å². The molecule has 0 unspecified atom stereocenters. The molecule has 30 heavy (non-hydrogen) atoms. The summed E-state index contributed by atoms with van der Waals surface area (Å²) in [4.78, 5) is 50.6.